The average molecular weight is 654 g/mol. The van der Waals surface area contributed by atoms with Crippen LogP contribution in [0.15, 0.2) is 18.2 Å². The first-order valence-corrected chi connectivity index (χ1v) is 16.3. The fraction of sp³-hybridized carbons (Fsp3) is 0.743. The highest BCUT2D eigenvalue weighted by Gasteiger charge is 2.59. The number of carbonyl (C=O) groups excluding carboxylic acids is 3. The van der Waals surface area contributed by atoms with E-state index >= 15 is 4.39 Å². The van der Waals surface area contributed by atoms with Gasteiger partial charge in [-0.2, -0.15) is 0 Å². The van der Waals surface area contributed by atoms with Crippen molar-refractivity contribution in [2.24, 2.45) is 16.7 Å². The van der Waals surface area contributed by atoms with Gasteiger partial charge in [-0.1, -0.05) is 40.7 Å². The normalized spacial score (nSPS) is 29.2. The average Bonchev–Trinajstić information content (AvgIpc) is 3.51. The Balaban J connectivity index is 0.00000552. The smallest absolute Gasteiger partial charge is 0.319 e. The van der Waals surface area contributed by atoms with Crippen molar-refractivity contribution in [2.45, 2.75) is 117 Å². The molecule has 1 unspecified atom stereocenters. The van der Waals surface area contributed by atoms with E-state index in [1.54, 1.807) is 7.05 Å². The van der Waals surface area contributed by atoms with Gasteiger partial charge in [0.2, 0.25) is 5.91 Å². The molecule has 0 aromatic heterocycles. The maximum atomic E-state index is 15.2. The maximum Gasteiger partial charge on any atom is 0.319 e. The highest BCUT2D eigenvalue weighted by atomic mass is 35.5. The summed E-state index contributed by atoms with van der Waals surface area (Å²) in [6, 6.07) is 2.67. The fourth-order valence-electron chi connectivity index (χ4n) is 7.88. The monoisotopic (exact) mass is 653 g/mol. The summed E-state index contributed by atoms with van der Waals surface area (Å²) in [5, 5.41) is 2.79. The second-order valence-corrected chi connectivity index (χ2v) is 16.6. The van der Waals surface area contributed by atoms with Crippen LogP contribution in [-0.2, 0) is 14.4 Å². The molecule has 2 saturated heterocycles. The molecule has 3 fully saturated rings. The largest absolute Gasteiger partial charge is 0.354 e. The van der Waals surface area contributed by atoms with Gasteiger partial charge in [0, 0.05) is 55.5 Å². The molecule has 5 atom stereocenters. The van der Waals surface area contributed by atoms with Crippen LogP contribution in [0.4, 0.5) is 8.78 Å². The number of nitrogens with zero attached hydrogens (tertiary/aromatic N) is 3. The second kappa shape index (κ2) is 13.2. The van der Waals surface area contributed by atoms with Gasteiger partial charge >= 0.3 is 5.91 Å². The summed E-state index contributed by atoms with van der Waals surface area (Å²) in [4.78, 5) is 46.7. The Bertz CT molecular complexity index is 1270. The predicted octanol–water partition coefficient (Wildman–Crippen LogP) is 5.90. The molecule has 1 N–H and O–H groups in total. The van der Waals surface area contributed by atoms with Crippen LogP contribution in [0.25, 0.3) is 0 Å². The molecule has 0 spiro atoms. The van der Waals surface area contributed by atoms with Crippen molar-refractivity contribution in [1.29, 1.82) is 0 Å². The van der Waals surface area contributed by atoms with Crippen LogP contribution in [-0.4, -0.2) is 89.4 Å². The number of hydrogen-bond acceptors (Lipinski definition) is 4. The molecule has 1 aromatic rings. The number of halogens is 3. The van der Waals surface area contributed by atoms with Gasteiger partial charge in [0.05, 0.1) is 19.0 Å². The zero-order valence-corrected chi connectivity index (χ0v) is 29.8. The van der Waals surface area contributed by atoms with Gasteiger partial charge in [0.25, 0.3) is 5.91 Å². The van der Waals surface area contributed by atoms with Gasteiger partial charge in [-0.05, 0) is 63.5 Å². The van der Waals surface area contributed by atoms with Crippen LogP contribution in [0.1, 0.15) is 99.0 Å². The highest BCUT2D eigenvalue weighted by molar-refractivity contribution is 5.86. The van der Waals surface area contributed by atoms with Crippen LogP contribution in [0, 0.1) is 28.4 Å². The Kier molecular flexibility index (Phi) is 10.9. The molecule has 3 aliphatic rings. The lowest BCUT2D eigenvalue weighted by Gasteiger charge is -2.44. The molecule has 2 heterocycles. The summed E-state index contributed by atoms with van der Waals surface area (Å²) in [7, 11) is 3.41. The van der Waals surface area contributed by atoms with Gasteiger partial charge in [-0.25, -0.2) is 13.6 Å². The van der Waals surface area contributed by atoms with E-state index in [1.807, 2.05) is 32.7 Å². The van der Waals surface area contributed by atoms with E-state index in [-0.39, 0.29) is 57.6 Å². The number of rotatable bonds is 5. The lowest BCUT2D eigenvalue weighted by Crippen LogP contribution is -2.61. The number of likely N-dealkylation sites (N-methyl/N-ethyl adjacent to an activating group) is 2. The first-order valence-electron chi connectivity index (χ1n) is 16.3. The summed E-state index contributed by atoms with van der Waals surface area (Å²) >= 11 is 0. The number of likely N-dealkylation sites (tertiary alicyclic amines) is 2. The minimum Gasteiger partial charge on any atom is -0.354 e. The van der Waals surface area contributed by atoms with Gasteiger partial charge in [0.1, 0.15) is 18.2 Å². The van der Waals surface area contributed by atoms with Gasteiger partial charge in [-0.15, -0.1) is 12.4 Å². The summed E-state index contributed by atoms with van der Waals surface area (Å²) in [6.07, 6.45) is 4.19. The summed E-state index contributed by atoms with van der Waals surface area (Å²) in [6.45, 7) is 17.7. The van der Waals surface area contributed by atoms with Crippen molar-refractivity contribution in [2.75, 3.05) is 33.7 Å². The number of quaternary nitrogens is 1. The molecule has 0 bridgehead atoms. The molecule has 10 heteroatoms. The van der Waals surface area contributed by atoms with E-state index in [1.165, 1.54) is 12.1 Å². The number of benzene rings is 1. The highest BCUT2D eigenvalue weighted by Crippen LogP contribution is 2.44. The van der Waals surface area contributed by atoms with Crippen LogP contribution in [0.3, 0.4) is 0 Å². The van der Waals surface area contributed by atoms with Gasteiger partial charge < -0.3 is 10.2 Å². The fourth-order valence-corrected chi connectivity index (χ4v) is 7.88. The molecule has 254 valence electrons. The molecule has 4 rings (SSSR count). The molecule has 1 aromatic carbocycles. The van der Waals surface area contributed by atoms with Crippen molar-refractivity contribution in [1.82, 2.24) is 15.1 Å². The third kappa shape index (κ3) is 7.57. The van der Waals surface area contributed by atoms with Crippen molar-refractivity contribution < 1.29 is 27.6 Å². The Hall–Kier alpha value is -2.10. The number of nitrogens with one attached hydrogen (secondary N) is 1. The van der Waals surface area contributed by atoms with Crippen LogP contribution in [0.2, 0.25) is 0 Å². The van der Waals surface area contributed by atoms with Crippen molar-refractivity contribution in [3.63, 3.8) is 0 Å². The molecular formula is C35H56ClF2N4O3+. The van der Waals surface area contributed by atoms with E-state index in [9.17, 15) is 18.8 Å². The van der Waals surface area contributed by atoms with Crippen molar-refractivity contribution in [3.8, 4) is 0 Å². The molecule has 1 aliphatic carbocycles. The minimum absolute atomic E-state index is 0. The van der Waals surface area contributed by atoms with E-state index in [0.29, 0.717) is 31.6 Å². The third-order valence-electron chi connectivity index (χ3n) is 10.7. The van der Waals surface area contributed by atoms with Crippen molar-refractivity contribution in [3.05, 3.63) is 35.4 Å². The quantitative estimate of drug-likeness (QED) is 0.402. The van der Waals surface area contributed by atoms with Gasteiger partial charge in [0.15, 0.2) is 6.04 Å². The minimum atomic E-state index is -0.685. The third-order valence-corrected chi connectivity index (χ3v) is 10.7. The standard InChI is InChI=1S/C35H54F2N4O3.ClH/c1-33(2,3)32(44)40(23-13-15-35(7,8)16-14-23)24-18-29(30(42)38-9)41(10,21-24)31(43)27-20-39(34(4,5)6)19-26(27)25-12-11-22(36)17-28(25)37;/h11-12,17,23-24,26-27,29H,13-16,18-21H2,1-10H3;1H/p+1/t24-,26-,27+,29-,41?;/m0./s1. The Morgan fingerprint density at radius 1 is 1.00 bits per heavy atom. The first-order chi connectivity index (χ1) is 20.2. The molecule has 2 aliphatic heterocycles. The molecule has 0 radical (unpaired) electrons. The maximum absolute atomic E-state index is 15.2. The summed E-state index contributed by atoms with van der Waals surface area (Å²) < 4.78 is 29.0. The SMILES string of the molecule is CNC(=O)[C@@H]1C[C@H](N(C(=O)C(C)(C)C)C2CCC(C)(C)CC2)C[N+]1(C)C(=O)[C@@H]1CN(C(C)(C)C)C[C@H]1c1ccc(F)cc1F.Cl. The van der Waals surface area contributed by atoms with Crippen LogP contribution >= 0.6 is 12.4 Å². The van der Waals surface area contributed by atoms with E-state index in [0.717, 1.165) is 31.7 Å². The number of carbonyl (C=O) groups is 3. The lowest BCUT2D eigenvalue weighted by molar-refractivity contribution is -0.840. The summed E-state index contributed by atoms with van der Waals surface area (Å²) in [5.41, 5.74) is -0.347. The zero-order chi connectivity index (χ0) is 33.0. The van der Waals surface area contributed by atoms with Gasteiger partial charge in [-0.3, -0.25) is 19.0 Å². The number of hydrogen-bond donors (Lipinski definition) is 1. The lowest BCUT2D eigenvalue weighted by atomic mass is 9.74. The Labute approximate surface area is 275 Å². The molecule has 3 amide bonds. The second-order valence-electron chi connectivity index (χ2n) is 16.6. The molecule has 7 nitrogen and oxygen atoms in total. The Morgan fingerprint density at radius 2 is 1.60 bits per heavy atom. The van der Waals surface area contributed by atoms with E-state index in [4.69, 9.17) is 0 Å². The predicted molar refractivity (Wildman–Crippen MR) is 176 cm³/mol. The molecule has 45 heavy (non-hydrogen) atoms. The first kappa shape index (κ1) is 37.4. The van der Waals surface area contributed by atoms with E-state index in [2.05, 4.69) is 44.8 Å². The summed E-state index contributed by atoms with van der Waals surface area (Å²) in [5.74, 6) is -2.72. The number of amides is 3. The molecular weight excluding hydrogens is 598 g/mol. The van der Waals surface area contributed by atoms with Crippen LogP contribution in [0.5, 0.6) is 0 Å². The van der Waals surface area contributed by atoms with Crippen LogP contribution < -0.4 is 5.32 Å². The van der Waals surface area contributed by atoms with Crippen molar-refractivity contribution >= 4 is 30.1 Å². The topological polar surface area (TPSA) is 69.7 Å². The van der Waals surface area contributed by atoms with E-state index < -0.39 is 34.9 Å². The Morgan fingerprint density at radius 3 is 2.11 bits per heavy atom. The molecule has 1 saturated carbocycles. The zero-order valence-electron chi connectivity index (χ0n) is 29.0.